The number of aliphatic hydroxyl groups is 1. The predicted octanol–water partition coefficient (Wildman–Crippen LogP) is 2.85. The quantitative estimate of drug-likeness (QED) is 0.897. The van der Waals surface area contributed by atoms with Crippen molar-refractivity contribution in [3.8, 4) is 0 Å². The second kappa shape index (κ2) is 5.52. The molecule has 96 valence electrons. The second-order valence-electron chi connectivity index (χ2n) is 3.98. The molecule has 2 rings (SSSR count). The van der Waals surface area contributed by atoms with Gasteiger partial charge in [-0.3, -0.25) is 0 Å². The van der Waals surface area contributed by atoms with E-state index in [1.165, 1.54) is 12.1 Å². The molecule has 0 bridgehead atoms. The van der Waals surface area contributed by atoms with Crippen LogP contribution in [0.2, 0.25) is 5.22 Å². The maximum absolute atomic E-state index is 12.9. The van der Waals surface area contributed by atoms with Crippen molar-refractivity contribution in [2.75, 3.05) is 6.54 Å². The summed E-state index contributed by atoms with van der Waals surface area (Å²) in [6.45, 7) is 0.213. The van der Waals surface area contributed by atoms with E-state index < -0.39 is 6.10 Å². The van der Waals surface area contributed by atoms with Crippen LogP contribution in [0.3, 0.4) is 0 Å². The third-order valence-corrected chi connectivity index (χ3v) is 3.02. The Bertz CT molecular complexity index is 512. The highest BCUT2D eigenvalue weighted by atomic mass is 35.5. The van der Waals surface area contributed by atoms with Gasteiger partial charge >= 0.3 is 0 Å². The minimum Gasteiger partial charge on any atom is -0.447 e. The molecule has 0 saturated heterocycles. The lowest BCUT2D eigenvalue weighted by Crippen LogP contribution is -2.19. The zero-order valence-electron chi connectivity index (χ0n) is 9.51. The highest BCUT2D eigenvalue weighted by molar-refractivity contribution is 6.28. The lowest BCUT2D eigenvalue weighted by atomic mass is 9.92. The summed E-state index contributed by atoms with van der Waals surface area (Å²) in [6.07, 6.45) is -0.909. The van der Waals surface area contributed by atoms with E-state index >= 15 is 0 Å². The zero-order chi connectivity index (χ0) is 13.1. The molecule has 0 fully saturated rings. The van der Waals surface area contributed by atoms with Crippen molar-refractivity contribution in [2.24, 2.45) is 5.73 Å². The van der Waals surface area contributed by atoms with Crippen molar-refractivity contribution in [2.45, 2.75) is 12.0 Å². The van der Waals surface area contributed by atoms with Crippen LogP contribution >= 0.6 is 11.6 Å². The van der Waals surface area contributed by atoms with Crippen LogP contribution in [0, 0.1) is 5.82 Å². The molecule has 0 spiro atoms. The van der Waals surface area contributed by atoms with Gasteiger partial charge in [0.2, 0.25) is 0 Å². The Kier molecular flexibility index (Phi) is 4.01. The monoisotopic (exact) mass is 269 g/mol. The van der Waals surface area contributed by atoms with Gasteiger partial charge in [-0.15, -0.1) is 0 Å². The predicted molar refractivity (Wildman–Crippen MR) is 66.9 cm³/mol. The number of nitrogens with two attached hydrogens (primary N) is 1. The normalized spacial score (nSPS) is 14.4. The summed E-state index contributed by atoms with van der Waals surface area (Å²) >= 11 is 5.66. The Labute approximate surface area is 109 Å². The molecule has 0 aliphatic heterocycles. The maximum Gasteiger partial charge on any atom is 0.193 e. The van der Waals surface area contributed by atoms with Gasteiger partial charge in [0.1, 0.15) is 17.7 Å². The SMILES string of the molecule is NCC(c1ccc(F)cc1)C(O)c1ccc(Cl)o1. The van der Waals surface area contributed by atoms with Crippen molar-refractivity contribution >= 4 is 11.6 Å². The van der Waals surface area contributed by atoms with E-state index in [0.29, 0.717) is 5.76 Å². The molecule has 2 unspecified atom stereocenters. The number of aliphatic hydroxyl groups excluding tert-OH is 1. The highest BCUT2D eigenvalue weighted by Gasteiger charge is 2.24. The van der Waals surface area contributed by atoms with E-state index in [1.54, 1.807) is 24.3 Å². The van der Waals surface area contributed by atoms with E-state index in [2.05, 4.69) is 0 Å². The van der Waals surface area contributed by atoms with E-state index in [1.807, 2.05) is 0 Å². The van der Waals surface area contributed by atoms with Crippen LogP contribution in [-0.2, 0) is 0 Å². The van der Waals surface area contributed by atoms with Gasteiger partial charge in [0.05, 0.1) is 0 Å². The number of halogens is 2. The van der Waals surface area contributed by atoms with Crippen molar-refractivity contribution in [1.82, 2.24) is 0 Å². The van der Waals surface area contributed by atoms with Crippen LogP contribution in [0.25, 0.3) is 0 Å². The second-order valence-corrected chi connectivity index (χ2v) is 4.35. The zero-order valence-corrected chi connectivity index (χ0v) is 10.3. The van der Waals surface area contributed by atoms with Gasteiger partial charge in [-0.25, -0.2) is 4.39 Å². The Morgan fingerprint density at radius 3 is 2.39 bits per heavy atom. The fraction of sp³-hybridized carbons (Fsp3) is 0.231. The Morgan fingerprint density at radius 2 is 1.89 bits per heavy atom. The molecule has 1 heterocycles. The minimum absolute atomic E-state index is 0.207. The molecule has 0 saturated carbocycles. The Hall–Kier alpha value is -1.36. The first-order chi connectivity index (χ1) is 8.61. The van der Waals surface area contributed by atoms with Gasteiger partial charge in [-0.1, -0.05) is 12.1 Å². The van der Waals surface area contributed by atoms with Gasteiger partial charge < -0.3 is 15.3 Å². The van der Waals surface area contributed by atoms with Crippen LogP contribution in [-0.4, -0.2) is 11.7 Å². The number of hydrogen-bond donors (Lipinski definition) is 2. The minimum atomic E-state index is -0.909. The van der Waals surface area contributed by atoms with Crippen molar-refractivity contribution in [3.05, 3.63) is 58.8 Å². The summed E-state index contributed by atoms with van der Waals surface area (Å²) in [5.74, 6) is -0.349. The van der Waals surface area contributed by atoms with Gasteiger partial charge in [-0.05, 0) is 41.4 Å². The smallest absolute Gasteiger partial charge is 0.193 e. The maximum atomic E-state index is 12.9. The summed E-state index contributed by atoms with van der Waals surface area (Å²) in [5, 5.41) is 10.4. The lowest BCUT2D eigenvalue weighted by molar-refractivity contribution is 0.122. The molecule has 3 N–H and O–H groups in total. The van der Waals surface area contributed by atoms with Crippen LogP contribution in [0.1, 0.15) is 23.3 Å². The standard InChI is InChI=1S/C13H13ClFNO2/c14-12-6-5-11(18-12)13(17)10(7-16)8-1-3-9(15)4-2-8/h1-6,10,13,17H,7,16H2. The van der Waals surface area contributed by atoms with Gasteiger partial charge in [0.25, 0.3) is 0 Å². The van der Waals surface area contributed by atoms with Crippen molar-refractivity contribution < 1.29 is 13.9 Å². The first-order valence-corrected chi connectivity index (χ1v) is 5.88. The fourth-order valence-corrected chi connectivity index (χ4v) is 1.99. The number of furan rings is 1. The third-order valence-electron chi connectivity index (χ3n) is 2.82. The largest absolute Gasteiger partial charge is 0.447 e. The average Bonchev–Trinajstić information content (AvgIpc) is 2.79. The molecule has 1 aromatic heterocycles. The van der Waals surface area contributed by atoms with Crippen molar-refractivity contribution in [1.29, 1.82) is 0 Å². The molecular formula is C13H13ClFNO2. The summed E-state index contributed by atoms with van der Waals surface area (Å²) in [6, 6.07) is 9.01. The molecule has 0 radical (unpaired) electrons. The van der Waals surface area contributed by atoms with Gasteiger partial charge in [0, 0.05) is 12.5 Å². The molecular weight excluding hydrogens is 257 g/mol. The topological polar surface area (TPSA) is 59.4 Å². The molecule has 2 aromatic rings. The Morgan fingerprint density at radius 1 is 1.22 bits per heavy atom. The van der Waals surface area contributed by atoms with Crippen LogP contribution in [0.15, 0.2) is 40.8 Å². The lowest BCUT2D eigenvalue weighted by Gasteiger charge is -2.20. The van der Waals surface area contributed by atoms with Gasteiger partial charge in [-0.2, -0.15) is 0 Å². The summed E-state index contributed by atoms with van der Waals surface area (Å²) in [4.78, 5) is 0. The first kappa shape index (κ1) is 13.1. The first-order valence-electron chi connectivity index (χ1n) is 5.50. The summed E-state index contributed by atoms with van der Waals surface area (Å²) in [5.41, 5.74) is 6.41. The van der Waals surface area contributed by atoms with Crippen LogP contribution in [0.4, 0.5) is 4.39 Å². The Balaban J connectivity index is 2.25. The van der Waals surface area contributed by atoms with E-state index in [0.717, 1.165) is 5.56 Å². The van der Waals surface area contributed by atoms with Crippen LogP contribution < -0.4 is 5.73 Å². The molecule has 0 amide bonds. The molecule has 3 nitrogen and oxygen atoms in total. The molecule has 0 aliphatic rings. The molecule has 1 aromatic carbocycles. The molecule has 0 aliphatic carbocycles. The van der Waals surface area contributed by atoms with Crippen LogP contribution in [0.5, 0.6) is 0 Å². The van der Waals surface area contributed by atoms with Gasteiger partial charge in [0.15, 0.2) is 5.22 Å². The van der Waals surface area contributed by atoms with E-state index in [9.17, 15) is 9.50 Å². The highest BCUT2D eigenvalue weighted by Crippen LogP contribution is 2.32. The molecule has 2 atom stereocenters. The third kappa shape index (κ3) is 2.72. The summed E-state index contributed by atoms with van der Waals surface area (Å²) < 4.78 is 18.0. The molecule has 18 heavy (non-hydrogen) atoms. The summed E-state index contributed by atoms with van der Waals surface area (Å²) in [7, 11) is 0. The molecule has 5 heteroatoms. The number of rotatable bonds is 4. The number of benzene rings is 1. The fourth-order valence-electron chi connectivity index (χ4n) is 1.84. The average molecular weight is 270 g/mol. The van der Waals surface area contributed by atoms with E-state index in [-0.39, 0.29) is 23.5 Å². The number of hydrogen-bond acceptors (Lipinski definition) is 3. The van der Waals surface area contributed by atoms with E-state index in [4.69, 9.17) is 21.8 Å². The van der Waals surface area contributed by atoms with Crippen molar-refractivity contribution in [3.63, 3.8) is 0 Å².